The van der Waals surface area contributed by atoms with Crippen LogP contribution in [-0.2, 0) is 6.42 Å². The fourth-order valence-corrected chi connectivity index (χ4v) is 2.69. The van der Waals surface area contributed by atoms with Crippen molar-refractivity contribution in [1.29, 1.82) is 0 Å². The third-order valence-corrected chi connectivity index (χ3v) is 4.18. The highest BCUT2D eigenvalue weighted by Gasteiger charge is 2.08. The van der Waals surface area contributed by atoms with Gasteiger partial charge in [-0.05, 0) is 30.9 Å². The molecule has 0 amide bonds. The molecule has 0 aliphatic rings. The van der Waals surface area contributed by atoms with Crippen molar-refractivity contribution >= 4 is 27.7 Å². The minimum absolute atomic E-state index is 0.564. The lowest BCUT2D eigenvalue weighted by atomic mass is 10.1. The largest absolute Gasteiger partial charge is 0.316 e. The molecule has 0 fully saturated rings. The van der Waals surface area contributed by atoms with Crippen LogP contribution in [0.4, 0.5) is 0 Å². The summed E-state index contributed by atoms with van der Waals surface area (Å²) >= 11 is 5.58. The normalized spacial score (nSPS) is 12.7. The average Bonchev–Trinajstić information content (AvgIpc) is 2.26. The van der Waals surface area contributed by atoms with Gasteiger partial charge in [0.05, 0.1) is 0 Å². The van der Waals surface area contributed by atoms with Gasteiger partial charge >= 0.3 is 0 Å². The van der Waals surface area contributed by atoms with Crippen LogP contribution in [-0.4, -0.2) is 24.6 Å². The number of rotatable bonds is 6. The molecule has 0 aliphatic carbocycles. The summed E-state index contributed by atoms with van der Waals surface area (Å²) in [5.74, 6) is 2.36. The number of hydrogen-bond donors (Lipinski definition) is 1. The van der Waals surface area contributed by atoms with Crippen LogP contribution >= 0.6 is 27.7 Å². The second kappa shape index (κ2) is 7.31. The summed E-state index contributed by atoms with van der Waals surface area (Å²) in [6, 6.07) is 9.01. The Morgan fingerprint density at radius 1 is 1.40 bits per heavy atom. The summed E-state index contributed by atoms with van der Waals surface area (Å²) in [7, 11) is 2.04. The van der Waals surface area contributed by atoms with Crippen LogP contribution in [0.1, 0.15) is 12.5 Å². The summed E-state index contributed by atoms with van der Waals surface area (Å²) < 4.78 is 1.21. The van der Waals surface area contributed by atoms with Gasteiger partial charge in [-0.3, -0.25) is 0 Å². The molecule has 15 heavy (non-hydrogen) atoms. The lowest BCUT2D eigenvalue weighted by molar-refractivity contribution is 0.616. The number of halogens is 1. The highest BCUT2D eigenvalue weighted by molar-refractivity contribution is 9.10. The van der Waals surface area contributed by atoms with Gasteiger partial charge in [-0.15, -0.1) is 0 Å². The van der Waals surface area contributed by atoms with E-state index in [1.165, 1.54) is 21.5 Å². The first-order valence-electron chi connectivity index (χ1n) is 5.26. The molecule has 1 unspecified atom stereocenters. The second-order valence-corrected chi connectivity index (χ2v) is 5.61. The molecular weight excluding hydrogens is 270 g/mol. The summed E-state index contributed by atoms with van der Waals surface area (Å²) in [5.41, 5.74) is 1.38. The van der Waals surface area contributed by atoms with E-state index in [4.69, 9.17) is 0 Å². The topological polar surface area (TPSA) is 12.0 Å². The predicted octanol–water partition coefficient (Wildman–Crippen LogP) is 3.33. The number of benzene rings is 1. The van der Waals surface area contributed by atoms with Crippen LogP contribution in [0.3, 0.4) is 0 Å². The van der Waals surface area contributed by atoms with Gasteiger partial charge < -0.3 is 5.32 Å². The SMILES string of the molecule is CCSCC(Cc1ccccc1Br)NC. The Labute approximate surface area is 105 Å². The van der Waals surface area contributed by atoms with E-state index in [1.54, 1.807) is 0 Å². The number of nitrogens with one attached hydrogen (secondary N) is 1. The number of hydrogen-bond acceptors (Lipinski definition) is 2. The van der Waals surface area contributed by atoms with Crippen LogP contribution in [0, 0.1) is 0 Å². The Hall–Kier alpha value is 0.01000. The monoisotopic (exact) mass is 287 g/mol. The molecule has 0 spiro atoms. The quantitative estimate of drug-likeness (QED) is 0.861. The molecule has 1 aromatic rings. The molecule has 0 heterocycles. The molecule has 3 heteroatoms. The summed E-state index contributed by atoms with van der Waals surface area (Å²) in [6.07, 6.45) is 1.09. The third kappa shape index (κ3) is 4.58. The zero-order valence-corrected chi connectivity index (χ0v) is 11.7. The second-order valence-electron chi connectivity index (χ2n) is 3.44. The maximum absolute atomic E-state index is 3.59. The zero-order chi connectivity index (χ0) is 11.1. The van der Waals surface area contributed by atoms with E-state index in [2.05, 4.69) is 52.4 Å². The molecule has 84 valence electrons. The fraction of sp³-hybridized carbons (Fsp3) is 0.500. The van der Waals surface area contributed by atoms with Crippen LogP contribution in [0.2, 0.25) is 0 Å². The minimum atomic E-state index is 0.564. The first kappa shape index (κ1) is 13.1. The van der Waals surface area contributed by atoms with Crippen molar-refractivity contribution in [3.8, 4) is 0 Å². The maximum Gasteiger partial charge on any atom is 0.0207 e. The average molecular weight is 288 g/mol. The Bertz CT molecular complexity index is 291. The molecule has 0 saturated heterocycles. The van der Waals surface area contributed by atoms with Crippen molar-refractivity contribution in [3.63, 3.8) is 0 Å². The Balaban J connectivity index is 2.54. The first-order valence-corrected chi connectivity index (χ1v) is 7.21. The molecule has 0 aliphatic heterocycles. The summed E-state index contributed by atoms with van der Waals surface area (Å²) in [6.45, 7) is 2.20. The van der Waals surface area contributed by atoms with Crippen LogP contribution in [0.25, 0.3) is 0 Å². The van der Waals surface area contributed by atoms with E-state index in [-0.39, 0.29) is 0 Å². The molecule has 1 N–H and O–H groups in total. The van der Waals surface area contributed by atoms with Gasteiger partial charge in [0.1, 0.15) is 0 Å². The molecule has 1 nitrogen and oxygen atoms in total. The molecule has 0 radical (unpaired) electrons. The van der Waals surface area contributed by atoms with E-state index in [0.717, 1.165) is 6.42 Å². The van der Waals surface area contributed by atoms with Crippen molar-refractivity contribution in [3.05, 3.63) is 34.3 Å². The van der Waals surface area contributed by atoms with Crippen molar-refractivity contribution in [2.75, 3.05) is 18.6 Å². The summed E-state index contributed by atoms with van der Waals surface area (Å²) in [4.78, 5) is 0. The molecule has 1 rings (SSSR count). The number of thioether (sulfide) groups is 1. The van der Waals surface area contributed by atoms with Crippen LogP contribution in [0.15, 0.2) is 28.7 Å². The van der Waals surface area contributed by atoms with Crippen LogP contribution in [0.5, 0.6) is 0 Å². The molecule has 0 aromatic heterocycles. The van der Waals surface area contributed by atoms with Gasteiger partial charge in [-0.25, -0.2) is 0 Å². The van der Waals surface area contributed by atoms with E-state index >= 15 is 0 Å². The Kier molecular flexibility index (Phi) is 6.37. The van der Waals surface area contributed by atoms with Gasteiger partial charge in [-0.1, -0.05) is 41.1 Å². The van der Waals surface area contributed by atoms with Gasteiger partial charge in [0.25, 0.3) is 0 Å². The molecule has 0 bridgehead atoms. The van der Waals surface area contributed by atoms with Crippen molar-refractivity contribution in [2.45, 2.75) is 19.4 Å². The highest BCUT2D eigenvalue weighted by Crippen LogP contribution is 2.18. The maximum atomic E-state index is 3.59. The Morgan fingerprint density at radius 2 is 2.13 bits per heavy atom. The van der Waals surface area contributed by atoms with E-state index in [1.807, 2.05) is 18.8 Å². The highest BCUT2D eigenvalue weighted by atomic mass is 79.9. The predicted molar refractivity (Wildman–Crippen MR) is 73.7 cm³/mol. The van der Waals surface area contributed by atoms with Crippen molar-refractivity contribution in [2.24, 2.45) is 0 Å². The zero-order valence-electron chi connectivity index (χ0n) is 9.29. The van der Waals surface area contributed by atoms with E-state index in [9.17, 15) is 0 Å². The number of likely N-dealkylation sites (N-methyl/N-ethyl adjacent to an activating group) is 1. The van der Waals surface area contributed by atoms with Gasteiger partial charge in [0, 0.05) is 16.3 Å². The third-order valence-electron chi connectivity index (χ3n) is 2.36. The molecule has 1 atom stereocenters. The smallest absolute Gasteiger partial charge is 0.0207 e. The lowest BCUT2D eigenvalue weighted by Crippen LogP contribution is -2.30. The fourth-order valence-electron chi connectivity index (χ4n) is 1.43. The van der Waals surface area contributed by atoms with Gasteiger partial charge in [-0.2, -0.15) is 11.8 Å². The van der Waals surface area contributed by atoms with Gasteiger partial charge in [0.2, 0.25) is 0 Å². The van der Waals surface area contributed by atoms with Crippen molar-refractivity contribution in [1.82, 2.24) is 5.32 Å². The van der Waals surface area contributed by atoms with Crippen LogP contribution < -0.4 is 5.32 Å². The minimum Gasteiger partial charge on any atom is -0.316 e. The van der Waals surface area contributed by atoms with Gasteiger partial charge in [0.15, 0.2) is 0 Å². The molecule has 1 aromatic carbocycles. The lowest BCUT2D eigenvalue weighted by Gasteiger charge is -2.16. The van der Waals surface area contributed by atoms with E-state index < -0.39 is 0 Å². The van der Waals surface area contributed by atoms with E-state index in [0.29, 0.717) is 6.04 Å². The summed E-state index contributed by atoms with van der Waals surface area (Å²) in [5, 5.41) is 3.37. The Morgan fingerprint density at radius 3 is 2.73 bits per heavy atom. The first-order chi connectivity index (χ1) is 7.27. The molecular formula is C12H18BrNS. The van der Waals surface area contributed by atoms with Crippen molar-refractivity contribution < 1.29 is 0 Å². The standard InChI is InChI=1S/C12H18BrNS/c1-3-15-9-11(14-2)8-10-6-4-5-7-12(10)13/h4-7,11,14H,3,8-9H2,1-2H3. The molecule has 0 saturated carbocycles.